The van der Waals surface area contributed by atoms with E-state index >= 15 is 0 Å². The number of rotatable bonds is 2. The molecule has 0 fully saturated rings. The molecule has 22 heavy (non-hydrogen) atoms. The molecule has 0 aliphatic carbocycles. The van der Waals surface area contributed by atoms with E-state index in [0.29, 0.717) is 13.1 Å². The monoisotopic (exact) mass is 297 g/mol. The molecule has 5 heteroatoms. The van der Waals surface area contributed by atoms with Crippen LogP contribution in [-0.2, 0) is 0 Å². The quantitative estimate of drug-likeness (QED) is 0.892. The number of hydrogen-bond donors (Lipinski definition) is 2. The van der Waals surface area contributed by atoms with Crippen LogP contribution in [0.4, 0.5) is 21.9 Å². The zero-order valence-corrected chi connectivity index (χ0v) is 12.7. The van der Waals surface area contributed by atoms with Crippen LogP contribution in [0.15, 0.2) is 42.5 Å². The maximum absolute atomic E-state index is 12.5. The second-order valence-corrected chi connectivity index (χ2v) is 5.26. The van der Waals surface area contributed by atoms with Gasteiger partial charge < -0.3 is 15.4 Å². The van der Waals surface area contributed by atoms with E-state index in [1.54, 1.807) is 12.0 Å². The van der Waals surface area contributed by atoms with Gasteiger partial charge in [0, 0.05) is 24.8 Å². The summed E-state index contributed by atoms with van der Waals surface area (Å²) in [5, 5.41) is 6.23. The van der Waals surface area contributed by atoms with Crippen molar-refractivity contribution in [2.75, 3.05) is 35.7 Å². The fourth-order valence-electron chi connectivity index (χ4n) is 2.48. The molecule has 0 radical (unpaired) electrons. The Kier molecular flexibility index (Phi) is 3.87. The summed E-state index contributed by atoms with van der Waals surface area (Å²) in [6, 6.07) is 13.3. The van der Waals surface area contributed by atoms with Crippen LogP contribution in [-0.4, -0.2) is 26.2 Å². The number of nitrogens with one attached hydrogen (secondary N) is 2. The summed E-state index contributed by atoms with van der Waals surface area (Å²) in [5.41, 5.74) is 3.73. The first-order valence-corrected chi connectivity index (χ1v) is 7.24. The average molecular weight is 297 g/mol. The summed E-state index contributed by atoms with van der Waals surface area (Å²) in [4.78, 5) is 14.3. The van der Waals surface area contributed by atoms with Crippen LogP contribution >= 0.6 is 0 Å². The van der Waals surface area contributed by atoms with Crippen LogP contribution in [0.3, 0.4) is 0 Å². The average Bonchev–Trinajstić information content (AvgIpc) is 2.55. The van der Waals surface area contributed by atoms with Crippen molar-refractivity contribution in [3.05, 3.63) is 48.0 Å². The lowest BCUT2D eigenvalue weighted by atomic mass is 10.2. The molecule has 5 nitrogen and oxygen atoms in total. The topological polar surface area (TPSA) is 53.6 Å². The summed E-state index contributed by atoms with van der Waals surface area (Å²) >= 11 is 0. The van der Waals surface area contributed by atoms with Gasteiger partial charge in [0.1, 0.15) is 5.75 Å². The first-order valence-electron chi connectivity index (χ1n) is 7.24. The van der Waals surface area contributed by atoms with Crippen molar-refractivity contribution < 1.29 is 9.53 Å². The highest BCUT2D eigenvalue weighted by Gasteiger charge is 2.22. The fraction of sp³-hybridized carbons (Fsp3) is 0.235. The molecule has 0 saturated heterocycles. The molecular weight excluding hydrogens is 278 g/mol. The summed E-state index contributed by atoms with van der Waals surface area (Å²) in [6.45, 7) is 3.35. The van der Waals surface area contributed by atoms with Gasteiger partial charge in [-0.15, -0.1) is 0 Å². The number of aryl methyl sites for hydroxylation is 1. The fourth-order valence-corrected chi connectivity index (χ4v) is 2.48. The van der Waals surface area contributed by atoms with Crippen LogP contribution in [0.5, 0.6) is 5.75 Å². The molecule has 0 atom stereocenters. The summed E-state index contributed by atoms with van der Waals surface area (Å²) in [7, 11) is 1.63. The van der Waals surface area contributed by atoms with Crippen molar-refractivity contribution in [1.82, 2.24) is 0 Å². The molecule has 1 aliphatic heterocycles. The van der Waals surface area contributed by atoms with Crippen LogP contribution < -0.4 is 20.3 Å². The van der Waals surface area contributed by atoms with Gasteiger partial charge in [0.2, 0.25) is 0 Å². The molecule has 0 spiro atoms. The number of urea groups is 1. The van der Waals surface area contributed by atoms with Gasteiger partial charge in [0.25, 0.3) is 0 Å². The zero-order valence-electron chi connectivity index (χ0n) is 12.7. The number of nitrogens with zero attached hydrogens (tertiary/aromatic N) is 1. The number of hydrogen-bond acceptors (Lipinski definition) is 3. The second kappa shape index (κ2) is 5.97. The number of carbonyl (C=O) groups excluding carboxylic acids is 1. The maximum atomic E-state index is 12.5. The Labute approximate surface area is 129 Å². The Morgan fingerprint density at radius 3 is 2.73 bits per heavy atom. The summed E-state index contributed by atoms with van der Waals surface area (Å²) < 4.78 is 5.22. The number of benzene rings is 2. The van der Waals surface area contributed by atoms with E-state index in [9.17, 15) is 4.79 Å². The molecule has 1 heterocycles. The number of amides is 2. The molecule has 2 amide bonds. The van der Waals surface area contributed by atoms with Crippen LogP contribution in [0.25, 0.3) is 0 Å². The molecule has 2 aromatic rings. The van der Waals surface area contributed by atoms with Gasteiger partial charge in [-0.25, -0.2) is 4.79 Å². The van der Waals surface area contributed by atoms with Gasteiger partial charge >= 0.3 is 6.03 Å². The number of ether oxygens (including phenoxy) is 1. The minimum absolute atomic E-state index is 0.128. The van der Waals surface area contributed by atoms with E-state index in [1.807, 2.05) is 49.4 Å². The third kappa shape index (κ3) is 2.83. The molecule has 2 aromatic carbocycles. The van der Waals surface area contributed by atoms with Crippen molar-refractivity contribution >= 4 is 23.1 Å². The molecule has 114 valence electrons. The van der Waals surface area contributed by atoms with Gasteiger partial charge in [-0.3, -0.25) is 4.90 Å². The van der Waals surface area contributed by atoms with Gasteiger partial charge in [-0.1, -0.05) is 17.7 Å². The van der Waals surface area contributed by atoms with Crippen LogP contribution in [0, 0.1) is 6.92 Å². The van der Waals surface area contributed by atoms with E-state index in [-0.39, 0.29) is 6.03 Å². The smallest absolute Gasteiger partial charge is 0.326 e. The predicted octanol–water partition coefficient (Wildman–Crippen LogP) is 3.47. The number of anilines is 3. The van der Waals surface area contributed by atoms with E-state index < -0.39 is 0 Å². The van der Waals surface area contributed by atoms with Gasteiger partial charge in [-0.2, -0.15) is 0 Å². The van der Waals surface area contributed by atoms with E-state index in [0.717, 1.165) is 28.4 Å². The number of fused-ring (bicyclic) bond motifs is 1. The Bertz CT molecular complexity index is 683. The molecular formula is C17H19N3O2. The highest BCUT2D eigenvalue weighted by atomic mass is 16.5. The van der Waals surface area contributed by atoms with Crippen molar-refractivity contribution in [3.8, 4) is 5.75 Å². The lowest BCUT2D eigenvalue weighted by molar-refractivity contribution is 0.257. The van der Waals surface area contributed by atoms with Crippen LogP contribution in [0.2, 0.25) is 0 Å². The standard InChI is InChI=1S/C17H19N3O2/c1-12-3-5-13(6-4-12)19-17(21)20-10-9-18-15-11-14(22-2)7-8-16(15)20/h3-8,11,18H,9-10H2,1-2H3,(H,19,21). The summed E-state index contributed by atoms with van der Waals surface area (Å²) in [6.07, 6.45) is 0. The molecule has 0 unspecified atom stereocenters. The molecule has 0 saturated carbocycles. The highest BCUT2D eigenvalue weighted by molar-refractivity contribution is 6.04. The lowest BCUT2D eigenvalue weighted by Crippen LogP contribution is -2.41. The minimum Gasteiger partial charge on any atom is -0.497 e. The largest absolute Gasteiger partial charge is 0.497 e. The molecule has 3 rings (SSSR count). The SMILES string of the molecule is COc1ccc2c(c1)NCCN2C(=O)Nc1ccc(C)cc1. The van der Waals surface area contributed by atoms with Crippen molar-refractivity contribution in [3.63, 3.8) is 0 Å². The van der Waals surface area contributed by atoms with E-state index in [1.165, 1.54) is 0 Å². The van der Waals surface area contributed by atoms with Gasteiger partial charge in [0.15, 0.2) is 0 Å². The zero-order chi connectivity index (χ0) is 15.5. The van der Waals surface area contributed by atoms with Crippen molar-refractivity contribution in [2.24, 2.45) is 0 Å². The molecule has 0 bridgehead atoms. The van der Waals surface area contributed by atoms with E-state index in [2.05, 4.69) is 10.6 Å². The highest BCUT2D eigenvalue weighted by Crippen LogP contribution is 2.32. The Morgan fingerprint density at radius 2 is 2.00 bits per heavy atom. The third-order valence-corrected chi connectivity index (χ3v) is 3.69. The van der Waals surface area contributed by atoms with Gasteiger partial charge in [-0.05, 0) is 31.2 Å². The van der Waals surface area contributed by atoms with E-state index in [4.69, 9.17) is 4.74 Å². The Hall–Kier alpha value is -2.69. The van der Waals surface area contributed by atoms with Crippen molar-refractivity contribution in [1.29, 1.82) is 0 Å². The van der Waals surface area contributed by atoms with Gasteiger partial charge in [0.05, 0.1) is 18.5 Å². The first-order chi connectivity index (χ1) is 10.7. The molecule has 0 aromatic heterocycles. The van der Waals surface area contributed by atoms with Crippen molar-refractivity contribution in [2.45, 2.75) is 6.92 Å². The molecule has 1 aliphatic rings. The second-order valence-electron chi connectivity index (χ2n) is 5.26. The Morgan fingerprint density at radius 1 is 1.23 bits per heavy atom. The number of carbonyl (C=O) groups is 1. The lowest BCUT2D eigenvalue weighted by Gasteiger charge is -2.30. The normalized spacial score (nSPS) is 13.1. The minimum atomic E-state index is -0.128. The third-order valence-electron chi connectivity index (χ3n) is 3.69. The summed E-state index contributed by atoms with van der Waals surface area (Å²) in [5.74, 6) is 0.770. The Balaban J connectivity index is 1.81. The predicted molar refractivity (Wildman–Crippen MR) is 89.0 cm³/mol. The first kappa shape index (κ1) is 14.3. The number of methoxy groups -OCH3 is 1. The molecule has 2 N–H and O–H groups in total. The maximum Gasteiger partial charge on any atom is 0.326 e. The van der Waals surface area contributed by atoms with Crippen LogP contribution in [0.1, 0.15) is 5.56 Å².